The van der Waals surface area contributed by atoms with Gasteiger partial charge in [-0.3, -0.25) is 9.78 Å². The van der Waals surface area contributed by atoms with Crippen molar-refractivity contribution >= 4 is 33.7 Å². The number of benzene rings is 1. The minimum Gasteiger partial charge on any atom is -0.383 e. The minimum absolute atomic E-state index is 0.0161. The van der Waals surface area contributed by atoms with Gasteiger partial charge in [0.2, 0.25) is 5.91 Å². The Morgan fingerprint density at radius 1 is 1.28 bits per heavy atom. The van der Waals surface area contributed by atoms with Gasteiger partial charge in [-0.1, -0.05) is 24.8 Å². The first kappa shape index (κ1) is 17.4. The SMILES string of the molecule is C=CC(=O)N[C@@H]1CCc2c(-c3cnc4ccccc4c3)c3c(N)ncnc3n2C1. The summed E-state index contributed by atoms with van der Waals surface area (Å²) in [6, 6.07) is 10.2. The molecule has 0 spiro atoms. The van der Waals surface area contributed by atoms with Crippen molar-refractivity contribution < 1.29 is 4.79 Å². The summed E-state index contributed by atoms with van der Waals surface area (Å²) in [7, 11) is 0. The van der Waals surface area contributed by atoms with E-state index in [-0.39, 0.29) is 11.9 Å². The third kappa shape index (κ3) is 2.82. The first-order valence-corrected chi connectivity index (χ1v) is 9.55. The van der Waals surface area contributed by atoms with Crippen LogP contribution >= 0.6 is 0 Å². The molecule has 1 aliphatic rings. The molecule has 1 atom stereocenters. The summed E-state index contributed by atoms with van der Waals surface area (Å²) in [6.45, 7) is 4.17. The number of nitrogens with two attached hydrogens (primary N) is 1. The molecule has 7 nitrogen and oxygen atoms in total. The van der Waals surface area contributed by atoms with Gasteiger partial charge >= 0.3 is 0 Å². The van der Waals surface area contributed by atoms with E-state index >= 15 is 0 Å². The highest BCUT2D eigenvalue weighted by Gasteiger charge is 2.28. The summed E-state index contributed by atoms with van der Waals surface area (Å²) < 4.78 is 2.15. The fraction of sp³-hybridized carbons (Fsp3) is 0.182. The second-order valence-electron chi connectivity index (χ2n) is 7.25. The number of hydrogen-bond donors (Lipinski definition) is 2. The lowest BCUT2D eigenvalue weighted by Gasteiger charge is -2.26. The Morgan fingerprint density at radius 3 is 3.00 bits per heavy atom. The second kappa shape index (κ2) is 6.70. The fourth-order valence-corrected chi connectivity index (χ4v) is 4.22. The number of hydrogen-bond acceptors (Lipinski definition) is 5. The molecule has 1 aromatic carbocycles. The van der Waals surface area contributed by atoms with Crippen LogP contribution in [-0.2, 0) is 17.8 Å². The summed E-state index contributed by atoms with van der Waals surface area (Å²) in [5.41, 5.74) is 11.2. The van der Waals surface area contributed by atoms with Crippen LogP contribution in [0.15, 0.2) is 55.5 Å². The zero-order valence-electron chi connectivity index (χ0n) is 15.8. The van der Waals surface area contributed by atoms with Crippen LogP contribution in [0.5, 0.6) is 0 Å². The lowest BCUT2D eigenvalue weighted by molar-refractivity contribution is -0.117. The van der Waals surface area contributed by atoms with E-state index < -0.39 is 0 Å². The Balaban J connectivity index is 1.70. The highest BCUT2D eigenvalue weighted by atomic mass is 16.1. The van der Waals surface area contributed by atoms with Gasteiger partial charge in [0.15, 0.2) is 0 Å². The van der Waals surface area contributed by atoms with Gasteiger partial charge in [-0.2, -0.15) is 0 Å². The highest BCUT2D eigenvalue weighted by Crippen LogP contribution is 2.39. The van der Waals surface area contributed by atoms with Crippen molar-refractivity contribution in [1.82, 2.24) is 24.8 Å². The van der Waals surface area contributed by atoms with Crippen LogP contribution in [0.4, 0.5) is 5.82 Å². The van der Waals surface area contributed by atoms with Crippen molar-refractivity contribution in [3.05, 3.63) is 61.2 Å². The Bertz CT molecular complexity index is 1280. The summed E-state index contributed by atoms with van der Waals surface area (Å²) in [6.07, 6.45) is 6.29. The Labute approximate surface area is 167 Å². The van der Waals surface area contributed by atoms with Crippen LogP contribution < -0.4 is 11.1 Å². The third-order valence-electron chi connectivity index (χ3n) is 5.52. The third-order valence-corrected chi connectivity index (χ3v) is 5.52. The number of carbonyl (C=O) groups is 1. The number of amides is 1. The molecule has 0 radical (unpaired) electrons. The van der Waals surface area contributed by atoms with Gasteiger partial charge < -0.3 is 15.6 Å². The van der Waals surface area contributed by atoms with E-state index in [1.165, 1.54) is 12.4 Å². The van der Waals surface area contributed by atoms with Gasteiger partial charge in [-0.25, -0.2) is 9.97 Å². The van der Waals surface area contributed by atoms with Crippen LogP contribution in [0.1, 0.15) is 12.1 Å². The zero-order valence-corrected chi connectivity index (χ0v) is 15.8. The van der Waals surface area contributed by atoms with Gasteiger partial charge in [-0.05, 0) is 31.1 Å². The van der Waals surface area contributed by atoms with Crippen molar-refractivity contribution in [1.29, 1.82) is 0 Å². The first-order chi connectivity index (χ1) is 14.2. The van der Waals surface area contributed by atoms with E-state index in [1.54, 1.807) is 0 Å². The summed E-state index contributed by atoms with van der Waals surface area (Å²) in [5, 5.41) is 4.91. The number of para-hydroxylation sites is 1. The summed E-state index contributed by atoms with van der Waals surface area (Å²) in [4.78, 5) is 25.1. The van der Waals surface area contributed by atoms with Crippen molar-refractivity contribution in [2.45, 2.75) is 25.4 Å². The average Bonchev–Trinajstić information content (AvgIpc) is 3.08. The number of nitrogens with zero attached hydrogens (tertiary/aromatic N) is 4. The maximum absolute atomic E-state index is 11.8. The predicted octanol–water partition coefficient (Wildman–Crippen LogP) is 2.85. The Morgan fingerprint density at radius 2 is 2.14 bits per heavy atom. The van der Waals surface area contributed by atoms with Gasteiger partial charge in [-0.15, -0.1) is 0 Å². The molecule has 29 heavy (non-hydrogen) atoms. The number of fused-ring (bicyclic) bond motifs is 4. The van der Waals surface area contributed by atoms with Gasteiger partial charge in [0.05, 0.1) is 10.9 Å². The maximum Gasteiger partial charge on any atom is 0.243 e. The van der Waals surface area contributed by atoms with E-state index in [0.29, 0.717) is 12.4 Å². The lowest BCUT2D eigenvalue weighted by Crippen LogP contribution is -2.40. The second-order valence-corrected chi connectivity index (χ2v) is 7.25. The van der Waals surface area contributed by atoms with Crippen molar-refractivity contribution in [3.8, 4) is 11.1 Å². The molecule has 3 N–H and O–H groups in total. The molecule has 0 fully saturated rings. The molecule has 1 amide bonds. The number of pyridine rings is 1. The molecule has 144 valence electrons. The first-order valence-electron chi connectivity index (χ1n) is 9.55. The van der Waals surface area contributed by atoms with Crippen LogP contribution in [-0.4, -0.2) is 31.5 Å². The monoisotopic (exact) mass is 384 g/mol. The molecule has 0 unspecified atom stereocenters. The molecule has 0 aliphatic carbocycles. The topological polar surface area (TPSA) is 98.7 Å². The average molecular weight is 384 g/mol. The summed E-state index contributed by atoms with van der Waals surface area (Å²) in [5.74, 6) is 0.287. The van der Waals surface area contributed by atoms with E-state index in [1.807, 2.05) is 24.4 Å². The van der Waals surface area contributed by atoms with Crippen molar-refractivity contribution in [3.63, 3.8) is 0 Å². The Hall–Kier alpha value is -3.74. The lowest BCUT2D eigenvalue weighted by atomic mass is 9.97. The minimum atomic E-state index is -0.164. The Kier molecular flexibility index (Phi) is 4.01. The van der Waals surface area contributed by atoms with Crippen molar-refractivity contribution in [2.24, 2.45) is 0 Å². The van der Waals surface area contributed by atoms with Crippen LogP contribution in [0, 0.1) is 0 Å². The van der Waals surface area contributed by atoms with E-state index in [0.717, 1.165) is 51.6 Å². The molecule has 5 rings (SSSR count). The van der Waals surface area contributed by atoms with Gasteiger partial charge in [0, 0.05) is 41.0 Å². The van der Waals surface area contributed by atoms with Crippen molar-refractivity contribution in [2.75, 3.05) is 5.73 Å². The van der Waals surface area contributed by atoms with E-state index in [2.05, 4.69) is 43.5 Å². The van der Waals surface area contributed by atoms with E-state index in [4.69, 9.17) is 5.73 Å². The quantitative estimate of drug-likeness (QED) is 0.529. The summed E-state index contributed by atoms with van der Waals surface area (Å²) >= 11 is 0. The molecule has 1 aliphatic heterocycles. The smallest absolute Gasteiger partial charge is 0.243 e. The van der Waals surface area contributed by atoms with E-state index in [9.17, 15) is 4.79 Å². The molecule has 4 aromatic rings. The van der Waals surface area contributed by atoms with Crippen LogP contribution in [0.2, 0.25) is 0 Å². The van der Waals surface area contributed by atoms with Crippen LogP contribution in [0.3, 0.4) is 0 Å². The number of aromatic nitrogens is 4. The largest absolute Gasteiger partial charge is 0.383 e. The predicted molar refractivity (Wildman–Crippen MR) is 113 cm³/mol. The molecular weight excluding hydrogens is 364 g/mol. The van der Waals surface area contributed by atoms with Gasteiger partial charge in [0.1, 0.15) is 17.8 Å². The number of rotatable bonds is 3. The number of anilines is 1. The zero-order chi connectivity index (χ0) is 20.0. The standard InChI is InChI=1S/C22H20N6O/c1-2-18(29)27-15-7-8-17-19(14-9-13-5-3-4-6-16(13)24-10-14)20-21(23)25-12-26-22(20)28(17)11-15/h2-6,9-10,12,15H,1,7-8,11H2,(H,27,29)(H2,23,25,26)/t15-/m1/s1. The normalized spacial score (nSPS) is 15.9. The fourth-order valence-electron chi connectivity index (χ4n) is 4.22. The molecule has 0 bridgehead atoms. The van der Waals surface area contributed by atoms with Gasteiger partial charge in [0.25, 0.3) is 0 Å². The molecule has 0 saturated carbocycles. The molecule has 7 heteroatoms. The molecule has 4 heterocycles. The van der Waals surface area contributed by atoms with Crippen LogP contribution in [0.25, 0.3) is 33.1 Å². The number of carbonyl (C=O) groups excluding carboxylic acids is 1. The molecular formula is C22H20N6O. The number of nitrogen functional groups attached to an aromatic ring is 1. The maximum atomic E-state index is 11.8. The highest BCUT2D eigenvalue weighted by molar-refractivity contribution is 6.03. The molecule has 0 saturated heterocycles. The molecule has 3 aromatic heterocycles. The number of nitrogens with one attached hydrogen (secondary N) is 1.